The van der Waals surface area contributed by atoms with Gasteiger partial charge in [-0.3, -0.25) is 4.79 Å². The molecule has 5 nitrogen and oxygen atoms in total. The molecule has 0 radical (unpaired) electrons. The molecule has 0 bridgehead atoms. The quantitative estimate of drug-likeness (QED) is 0.677. The lowest BCUT2D eigenvalue weighted by Gasteiger charge is -1.97. The maximum Gasteiger partial charge on any atom is 0.186 e. The van der Waals surface area contributed by atoms with Crippen LogP contribution in [0, 0.1) is 0 Å². The molecule has 0 aliphatic heterocycles. The van der Waals surface area contributed by atoms with Crippen LogP contribution in [0.3, 0.4) is 0 Å². The van der Waals surface area contributed by atoms with Crippen LogP contribution in [0.25, 0.3) is 0 Å². The average molecular weight is 186 g/mol. The fourth-order valence-corrected chi connectivity index (χ4v) is 0.979. The van der Waals surface area contributed by atoms with Crippen molar-refractivity contribution in [2.75, 3.05) is 0 Å². The van der Waals surface area contributed by atoms with Gasteiger partial charge in [-0.05, 0) is 17.4 Å². The van der Waals surface area contributed by atoms with Crippen LogP contribution in [0.2, 0.25) is 0 Å². The molecular weight excluding hydrogens is 176 g/mol. The van der Waals surface area contributed by atoms with E-state index in [0.29, 0.717) is 12.8 Å². The molecule has 0 aliphatic carbocycles. The molecule has 1 aromatic rings. The Bertz CT molecular complexity index is 272. The topological polar surface area (TPSA) is 60.7 Å². The highest BCUT2D eigenvalue weighted by Crippen LogP contribution is 1.99. The van der Waals surface area contributed by atoms with Gasteiger partial charge in [0.25, 0.3) is 0 Å². The van der Waals surface area contributed by atoms with Crippen LogP contribution < -0.4 is 0 Å². The van der Waals surface area contributed by atoms with Crippen molar-refractivity contribution in [2.45, 2.75) is 26.3 Å². The zero-order chi connectivity index (χ0) is 8.97. The number of tetrazole rings is 1. The maximum absolute atomic E-state index is 10.5. The summed E-state index contributed by atoms with van der Waals surface area (Å²) in [5, 5.41) is 10.9. The Morgan fingerprint density at radius 1 is 1.67 bits per heavy atom. The molecule has 12 heavy (non-hydrogen) atoms. The summed E-state index contributed by atoms with van der Waals surface area (Å²) in [6.45, 7) is 2.67. The third kappa shape index (κ3) is 2.30. The van der Waals surface area contributed by atoms with Crippen LogP contribution >= 0.6 is 12.6 Å². The van der Waals surface area contributed by atoms with E-state index in [4.69, 9.17) is 0 Å². The number of carbonyl (C=O) groups excluding carboxylic acids is 1. The predicted octanol–water partition coefficient (Wildman–Crippen LogP) is 0.0820. The van der Waals surface area contributed by atoms with Gasteiger partial charge in [0.05, 0.1) is 0 Å². The molecule has 0 N–H and O–H groups in total. The first kappa shape index (κ1) is 9.18. The lowest BCUT2D eigenvalue weighted by Crippen LogP contribution is -2.04. The average Bonchev–Trinajstić information content (AvgIpc) is 2.47. The van der Waals surface area contributed by atoms with Gasteiger partial charge < -0.3 is 0 Å². The molecule has 0 spiro atoms. The van der Waals surface area contributed by atoms with Crippen LogP contribution in [-0.4, -0.2) is 25.3 Å². The predicted molar refractivity (Wildman–Crippen MR) is 45.8 cm³/mol. The molecule has 0 fully saturated rings. The summed E-state index contributed by atoms with van der Waals surface area (Å²) < 4.78 is 1.66. The van der Waals surface area contributed by atoms with E-state index in [-0.39, 0.29) is 5.12 Å². The van der Waals surface area contributed by atoms with Gasteiger partial charge >= 0.3 is 0 Å². The van der Waals surface area contributed by atoms with Crippen molar-refractivity contribution in [3.63, 3.8) is 0 Å². The Morgan fingerprint density at radius 2 is 2.42 bits per heavy atom. The molecule has 0 saturated carbocycles. The number of aromatic nitrogens is 4. The minimum Gasteiger partial charge on any atom is -0.287 e. The molecule has 0 amide bonds. The van der Waals surface area contributed by atoms with Gasteiger partial charge in [0.15, 0.2) is 10.9 Å². The Morgan fingerprint density at radius 3 is 3.00 bits per heavy atom. The van der Waals surface area contributed by atoms with Gasteiger partial charge in [0.2, 0.25) is 0 Å². The van der Waals surface area contributed by atoms with Crippen molar-refractivity contribution < 1.29 is 4.79 Å². The Kier molecular flexibility index (Phi) is 3.21. The molecular formula is C6H10N4OS. The molecule has 1 rings (SSSR count). The zero-order valence-electron chi connectivity index (χ0n) is 6.77. The number of rotatable bonds is 4. The van der Waals surface area contributed by atoms with Crippen molar-refractivity contribution in [2.24, 2.45) is 0 Å². The highest BCUT2D eigenvalue weighted by atomic mass is 32.1. The van der Waals surface area contributed by atoms with Crippen LogP contribution in [0.15, 0.2) is 0 Å². The van der Waals surface area contributed by atoms with Crippen LogP contribution in [0.4, 0.5) is 0 Å². The van der Waals surface area contributed by atoms with Crippen molar-refractivity contribution >= 4 is 17.7 Å². The van der Waals surface area contributed by atoms with E-state index < -0.39 is 0 Å². The molecule has 66 valence electrons. The van der Waals surface area contributed by atoms with E-state index in [2.05, 4.69) is 28.2 Å². The second-order valence-electron chi connectivity index (χ2n) is 2.30. The normalized spacial score (nSPS) is 10.2. The van der Waals surface area contributed by atoms with Crippen LogP contribution in [-0.2, 0) is 17.8 Å². The number of aryl methyl sites for hydroxylation is 2. The molecule has 0 atom stereocenters. The summed E-state index contributed by atoms with van der Waals surface area (Å²) in [5.74, 6) is 0.736. The molecule has 1 heterocycles. The van der Waals surface area contributed by atoms with Crippen molar-refractivity contribution in [3.05, 3.63) is 5.82 Å². The highest BCUT2D eigenvalue weighted by molar-refractivity contribution is 7.96. The van der Waals surface area contributed by atoms with Gasteiger partial charge in [-0.1, -0.05) is 0 Å². The fourth-order valence-electron chi connectivity index (χ4n) is 0.867. The molecule has 0 saturated heterocycles. The largest absolute Gasteiger partial charge is 0.287 e. The van der Waals surface area contributed by atoms with E-state index in [0.717, 1.165) is 12.4 Å². The molecule has 0 aromatic carbocycles. The first-order chi connectivity index (χ1) is 5.74. The summed E-state index contributed by atoms with van der Waals surface area (Å²) in [7, 11) is 0. The number of nitrogens with zero attached hydrogens (tertiary/aromatic N) is 4. The Balaban J connectivity index is 2.56. The zero-order valence-corrected chi connectivity index (χ0v) is 7.66. The molecule has 0 unspecified atom stereocenters. The van der Waals surface area contributed by atoms with Gasteiger partial charge in [-0.25, -0.2) is 4.68 Å². The summed E-state index contributed by atoms with van der Waals surface area (Å²) in [6, 6.07) is 0. The number of thiol groups is 1. The fraction of sp³-hybridized carbons (Fsp3) is 0.667. The van der Waals surface area contributed by atoms with Crippen molar-refractivity contribution in [1.29, 1.82) is 0 Å². The minimum atomic E-state index is -0.138. The molecule has 0 aliphatic rings. The van der Waals surface area contributed by atoms with Crippen LogP contribution in [0.5, 0.6) is 0 Å². The Hall–Kier alpha value is -0.910. The monoisotopic (exact) mass is 186 g/mol. The first-order valence-corrected chi connectivity index (χ1v) is 4.15. The number of hydrogen-bond acceptors (Lipinski definition) is 4. The highest BCUT2D eigenvalue weighted by Gasteiger charge is 2.04. The van der Waals surface area contributed by atoms with E-state index in [9.17, 15) is 4.79 Å². The molecule has 6 heteroatoms. The van der Waals surface area contributed by atoms with Gasteiger partial charge in [-0.2, -0.15) is 0 Å². The third-order valence-corrected chi connectivity index (χ3v) is 1.69. The van der Waals surface area contributed by atoms with Gasteiger partial charge in [0, 0.05) is 19.4 Å². The van der Waals surface area contributed by atoms with Crippen LogP contribution in [0.1, 0.15) is 19.2 Å². The minimum absolute atomic E-state index is 0.138. The van der Waals surface area contributed by atoms with E-state index in [1.165, 1.54) is 0 Å². The first-order valence-electron chi connectivity index (χ1n) is 3.71. The smallest absolute Gasteiger partial charge is 0.186 e. The van der Waals surface area contributed by atoms with E-state index in [1.54, 1.807) is 4.68 Å². The summed E-state index contributed by atoms with van der Waals surface area (Å²) in [4.78, 5) is 10.5. The second-order valence-corrected chi connectivity index (χ2v) is 2.80. The lowest BCUT2D eigenvalue weighted by atomic mass is 10.3. The maximum atomic E-state index is 10.5. The number of carbonyl (C=O) groups is 1. The summed E-state index contributed by atoms with van der Waals surface area (Å²) >= 11 is 3.66. The molecule has 1 aromatic heterocycles. The number of hydrogen-bond donors (Lipinski definition) is 1. The standard InChI is InChI=1S/C6H10N4OS/c1-2-10-5(7-8-9-10)3-4-6(11)12/h2-4H2,1H3,(H,11,12). The second kappa shape index (κ2) is 4.20. The Labute approximate surface area is 75.6 Å². The van der Waals surface area contributed by atoms with Crippen molar-refractivity contribution in [3.8, 4) is 0 Å². The van der Waals surface area contributed by atoms with Crippen molar-refractivity contribution in [1.82, 2.24) is 20.2 Å². The summed E-state index contributed by atoms with van der Waals surface area (Å²) in [5.41, 5.74) is 0. The van der Waals surface area contributed by atoms with E-state index in [1.807, 2.05) is 6.92 Å². The SMILES string of the molecule is CCn1nnnc1CCC(=O)S. The lowest BCUT2D eigenvalue weighted by molar-refractivity contribution is -0.110. The van der Waals surface area contributed by atoms with E-state index >= 15 is 0 Å². The third-order valence-electron chi connectivity index (χ3n) is 1.47. The summed E-state index contributed by atoms with van der Waals surface area (Å²) in [6.07, 6.45) is 0.937. The van der Waals surface area contributed by atoms with Gasteiger partial charge in [-0.15, -0.1) is 17.7 Å². The van der Waals surface area contributed by atoms with Gasteiger partial charge in [0.1, 0.15) is 0 Å².